The summed E-state index contributed by atoms with van der Waals surface area (Å²) in [6.45, 7) is 4.41. The van der Waals surface area contributed by atoms with Crippen LogP contribution in [0.25, 0.3) is 0 Å². The Hall–Kier alpha value is -2.96. The number of piperazine rings is 1. The largest absolute Gasteiger partial charge is 0.418 e. The normalized spacial score (nSPS) is 17.5. The molecule has 13 heteroatoms. The molecule has 1 aromatic heterocycles. The lowest BCUT2D eigenvalue weighted by Gasteiger charge is -2.44. The van der Waals surface area contributed by atoms with Crippen LogP contribution in [-0.2, 0) is 16.0 Å². The van der Waals surface area contributed by atoms with Crippen LogP contribution in [0, 0.1) is 21.8 Å². The Balaban J connectivity index is 1.97. The number of anilines is 2. The second kappa shape index (κ2) is 8.76. The van der Waals surface area contributed by atoms with E-state index in [0.29, 0.717) is 18.0 Å². The summed E-state index contributed by atoms with van der Waals surface area (Å²) in [5.41, 5.74) is -1.50. The number of nitro groups is 1. The van der Waals surface area contributed by atoms with Crippen molar-refractivity contribution in [2.24, 2.45) is 5.92 Å². The summed E-state index contributed by atoms with van der Waals surface area (Å²) in [6.07, 6.45) is -3.30. The van der Waals surface area contributed by atoms with Crippen molar-refractivity contribution in [3.63, 3.8) is 0 Å². The van der Waals surface area contributed by atoms with Crippen molar-refractivity contribution in [1.29, 1.82) is 0 Å². The molecule has 8 nitrogen and oxygen atoms in total. The van der Waals surface area contributed by atoms with Crippen LogP contribution in [0.15, 0.2) is 35.4 Å². The lowest BCUT2D eigenvalue weighted by molar-refractivity contribution is -0.384. The molecule has 1 atom stereocenters. The van der Waals surface area contributed by atoms with E-state index in [2.05, 4.69) is 4.98 Å². The molecule has 0 spiro atoms. The second-order valence-electron chi connectivity index (χ2n) is 8.16. The average molecular weight is 490 g/mol. The zero-order chi connectivity index (χ0) is 24.7. The highest BCUT2D eigenvalue weighted by Crippen LogP contribution is 2.37. The summed E-state index contributed by atoms with van der Waals surface area (Å²) in [7, 11) is -3.80. The molecular weight excluding hydrogens is 468 g/mol. The Labute approximate surface area is 187 Å². The number of benzene rings is 1. The summed E-state index contributed by atoms with van der Waals surface area (Å²) in [4.78, 5) is 17.4. The van der Waals surface area contributed by atoms with Gasteiger partial charge in [0.2, 0.25) is 5.82 Å². The molecule has 1 aliphatic heterocycles. The van der Waals surface area contributed by atoms with Crippen molar-refractivity contribution < 1.29 is 30.9 Å². The van der Waals surface area contributed by atoms with E-state index in [0.717, 1.165) is 12.3 Å². The molecule has 0 bridgehead atoms. The fraction of sp³-hybridized carbons (Fsp3) is 0.450. The molecule has 1 aliphatic rings. The number of aromatic nitrogens is 1. The minimum atomic E-state index is -4.77. The Morgan fingerprint density at radius 2 is 1.88 bits per heavy atom. The molecular formula is C20H22F4N4O4S. The van der Waals surface area contributed by atoms with E-state index in [4.69, 9.17) is 0 Å². The predicted molar refractivity (Wildman–Crippen MR) is 114 cm³/mol. The fourth-order valence-electron chi connectivity index (χ4n) is 3.81. The molecule has 0 N–H and O–H groups in total. The van der Waals surface area contributed by atoms with Gasteiger partial charge in [0.15, 0.2) is 9.84 Å². The molecule has 0 amide bonds. The van der Waals surface area contributed by atoms with E-state index in [1.54, 1.807) is 4.90 Å². The molecule has 1 unspecified atom stereocenters. The maximum absolute atomic E-state index is 14.0. The molecule has 33 heavy (non-hydrogen) atoms. The maximum atomic E-state index is 14.0. The van der Waals surface area contributed by atoms with Gasteiger partial charge in [-0.15, -0.1) is 0 Å². The van der Waals surface area contributed by atoms with E-state index < -0.39 is 48.9 Å². The Bertz CT molecular complexity index is 1170. The summed E-state index contributed by atoms with van der Waals surface area (Å²) in [6, 6.07) is 3.81. The number of hydrogen-bond acceptors (Lipinski definition) is 7. The topological polar surface area (TPSA) is 96.7 Å². The van der Waals surface area contributed by atoms with Crippen molar-refractivity contribution >= 4 is 27.0 Å². The second-order valence-corrected chi connectivity index (χ2v) is 10.1. The van der Waals surface area contributed by atoms with Crippen LogP contribution in [0.2, 0.25) is 0 Å². The van der Waals surface area contributed by atoms with Crippen molar-refractivity contribution in [2.75, 3.05) is 35.7 Å². The standard InChI is InChI=1S/C20H22F4N4O4S/c1-12(2)17-11-26(14-4-5-15(21)18(9-14)33(3,31)32)6-7-27(17)19-16(28(29)30)8-13(10-25-19)20(22,23)24/h4-5,8-10,12,17H,6-7,11H2,1-3H3. The Kier molecular flexibility index (Phi) is 6.55. The molecule has 1 aromatic carbocycles. The highest BCUT2D eigenvalue weighted by Gasteiger charge is 2.38. The Morgan fingerprint density at radius 3 is 2.42 bits per heavy atom. The number of nitrogens with zero attached hydrogens (tertiary/aromatic N) is 4. The van der Waals surface area contributed by atoms with Crippen LogP contribution < -0.4 is 9.80 Å². The number of halogens is 4. The zero-order valence-corrected chi connectivity index (χ0v) is 18.8. The first-order valence-electron chi connectivity index (χ1n) is 9.93. The predicted octanol–water partition coefficient (Wildman–Crippen LogP) is 3.90. The number of hydrogen-bond donors (Lipinski definition) is 0. The van der Waals surface area contributed by atoms with Crippen LogP contribution in [0.5, 0.6) is 0 Å². The fourth-order valence-corrected chi connectivity index (χ4v) is 4.56. The third-order valence-corrected chi connectivity index (χ3v) is 6.62. The zero-order valence-electron chi connectivity index (χ0n) is 18.0. The van der Waals surface area contributed by atoms with Crippen LogP contribution in [0.4, 0.5) is 34.8 Å². The maximum Gasteiger partial charge on any atom is 0.418 e. The number of rotatable bonds is 5. The van der Waals surface area contributed by atoms with Gasteiger partial charge in [-0.3, -0.25) is 10.1 Å². The third kappa shape index (κ3) is 5.18. The van der Waals surface area contributed by atoms with Gasteiger partial charge >= 0.3 is 11.9 Å². The molecule has 180 valence electrons. The van der Waals surface area contributed by atoms with E-state index in [1.165, 1.54) is 12.1 Å². The van der Waals surface area contributed by atoms with Gasteiger partial charge in [-0.1, -0.05) is 13.8 Å². The molecule has 0 saturated carbocycles. The van der Waals surface area contributed by atoms with Crippen LogP contribution in [0.3, 0.4) is 0 Å². The number of pyridine rings is 1. The summed E-state index contributed by atoms with van der Waals surface area (Å²) in [5.74, 6) is -1.13. The lowest BCUT2D eigenvalue weighted by atomic mass is 9.98. The monoisotopic (exact) mass is 490 g/mol. The quantitative estimate of drug-likeness (QED) is 0.356. The molecule has 1 fully saturated rings. The van der Waals surface area contributed by atoms with Crippen molar-refractivity contribution in [3.05, 3.63) is 52.0 Å². The van der Waals surface area contributed by atoms with Gasteiger partial charge in [0.25, 0.3) is 0 Å². The van der Waals surface area contributed by atoms with E-state index in [9.17, 15) is 36.1 Å². The van der Waals surface area contributed by atoms with E-state index >= 15 is 0 Å². The first-order chi connectivity index (χ1) is 15.2. The van der Waals surface area contributed by atoms with Gasteiger partial charge in [-0.2, -0.15) is 13.2 Å². The van der Waals surface area contributed by atoms with E-state index in [-0.39, 0.29) is 31.4 Å². The van der Waals surface area contributed by atoms with Gasteiger partial charge in [0, 0.05) is 43.8 Å². The smallest absolute Gasteiger partial charge is 0.368 e. The highest BCUT2D eigenvalue weighted by molar-refractivity contribution is 7.90. The minimum Gasteiger partial charge on any atom is -0.368 e. The summed E-state index contributed by atoms with van der Waals surface area (Å²) in [5, 5.41) is 11.5. The summed E-state index contributed by atoms with van der Waals surface area (Å²) < 4.78 is 76.9. The average Bonchev–Trinajstić information content (AvgIpc) is 2.71. The molecule has 0 aliphatic carbocycles. The first kappa shape index (κ1) is 24.7. The van der Waals surface area contributed by atoms with Crippen LogP contribution in [-0.4, -0.2) is 50.3 Å². The van der Waals surface area contributed by atoms with Gasteiger partial charge in [-0.05, 0) is 24.1 Å². The highest BCUT2D eigenvalue weighted by atomic mass is 32.2. The van der Waals surface area contributed by atoms with Gasteiger partial charge in [0.1, 0.15) is 10.7 Å². The van der Waals surface area contributed by atoms with Gasteiger partial charge in [-0.25, -0.2) is 17.8 Å². The molecule has 2 heterocycles. The van der Waals surface area contributed by atoms with Crippen LogP contribution in [0.1, 0.15) is 19.4 Å². The molecule has 3 rings (SSSR count). The SMILES string of the molecule is CC(C)C1CN(c2ccc(F)c(S(C)(=O)=O)c2)CCN1c1ncc(C(F)(F)F)cc1[N+](=O)[O-]. The van der Waals surface area contributed by atoms with Crippen LogP contribution >= 0.6 is 0 Å². The van der Waals surface area contributed by atoms with Crippen molar-refractivity contribution in [1.82, 2.24) is 4.98 Å². The Morgan fingerprint density at radius 1 is 1.21 bits per heavy atom. The number of alkyl halides is 3. The van der Waals surface area contributed by atoms with Gasteiger partial charge < -0.3 is 9.80 Å². The minimum absolute atomic E-state index is 0.0914. The molecule has 0 radical (unpaired) electrons. The first-order valence-corrected chi connectivity index (χ1v) is 11.8. The summed E-state index contributed by atoms with van der Waals surface area (Å²) >= 11 is 0. The van der Waals surface area contributed by atoms with E-state index in [1.807, 2.05) is 18.7 Å². The lowest BCUT2D eigenvalue weighted by Crippen LogP contribution is -2.56. The van der Waals surface area contributed by atoms with Gasteiger partial charge in [0.05, 0.1) is 16.5 Å². The number of sulfone groups is 1. The molecule has 2 aromatic rings. The third-order valence-electron chi connectivity index (χ3n) is 5.51. The van der Waals surface area contributed by atoms with Crippen molar-refractivity contribution in [3.8, 4) is 0 Å². The molecule has 1 saturated heterocycles. The van der Waals surface area contributed by atoms with Crippen molar-refractivity contribution in [2.45, 2.75) is 31.0 Å².